The van der Waals surface area contributed by atoms with Crippen molar-refractivity contribution in [3.05, 3.63) is 53.9 Å². The Morgan fingerprint density at radius 3 is 2.50 bits per heavy atom. The fraction of sp³-hybridized carbons (Fsp3) is 0.267. The molecule has 2 nitrogen and oxygen atoms in total. The van der Waals surface area contributed by atoms with Gasteiger partial charge in [-0.15, -0.1) is 11.8 Å². The molecule has 0 radical (unpaired) electrons. The Labute approximate surface area is 113 Å². The van der Waals surface area contributed by atoms with E-state index in [2.05, 4.69) is 53.8 Å². The summed E-state index contributed by atoms with van der Waals surface area (Å²) in [4.78, 5) is 5.58. The lowest BCUT2D eigenvalue weighted by atomic mass is 10.1. The number of aromatic nitrogens is 1. The second-order valence-electron chi connectivity index (χ2n) is 4.28. The summed E-state index contributed by atoms with van der Waals surface area (Å²) >= 11 is 1.77. The van der Waals surface area contributed by atoms with E-state index in [9.17, 15) is 0 Å². The molecule has 0 fully saturated rings. The molecule has 0 saturated carbocycles. The van der Waals surface area contributed by atoms with Gasteiger partial charge in [-0.25, -0.2) is 0 Å². The maximum Gasteiger partial charge on any atom is 0.0603 e. The zero-order valence-electron chi connectivity index (χ0n) is 11.0. The van der Waals surface area contributed by atoms with Gasteiger partial charge in [0.15, 0.2) is 0 Å². The molecule has 0 aliphatic carbocycles. The summed E-state index contributed by atoms with van der Waals surface area (Å²) in [5.41, 5.74) is 3.42. The Kier molecular flexibility index (Phi) is 4.26. The van der Waals surface area contributed by atoms with E-state index >= 15 is 0 Å². The summed E-state index contributed by atoms with van der Waals surface area (Å²) in [6.07, 6.45) is 3.91. The maximum atomic E-state index is 4.29. The highest BCUT2D eigenvalue weighted by Crippen LogP contribution is 2.23. The largest absolute Gasteiger partial charge is 0.377 e. The third kappa shape index (κ3) is 3.05. The van der Waals surface area contributed by atoms with Crippen molar-refractivity contribution in [1.29, 1.82) is 0 Å². The summed E-state index contributed by atoms with van der Waals surface area (Å²) in [7, 11) is 0. The van der Waals surface area contributed by atoms with Crippen LogP contribution in [0.5, 0.6) is 0 Å². The number of nitrogens with zero attached hydrogens (tertiary/aromatic N) is 1. The van der Waals surface area contributed by atoms with Gasteiger partial charge >= 0.3 is 0 Å². The van der Waals surface area contributed by atoms with Gasteiger partial charge in [-0.3, -0.25) is 4.98 Å². The summed E-state index contributed by atoms with van der Waals surface area (Å²) < 4.78 is 0. The number of hydrogen-bond donors (Lipinski definition) is 1. The molecule has 94 valence electrons. The van der Waals surface area contributed by atoms with Gasteiger partial charge in [0.1, 0.15) is 0 Å². The molecule has 1 aromatic carbocycles. The SMILES string of the molecule is CSc1ccc(C(C)Nc2cccnc2C)cc1. The molecule has 0 spiro atoms. The van der Waals surface area contributed by atoms with Crippen molar-refractivity contribution in [2.45, 2.75) is 24.8 Å². The van der Waals surface area contributed by atoms with Crippen molar-refractivity contribution >= 4 is 17.4 Å². The van der Waals surface area contributed by atoms with E-state index in [-0.39, 0.29) is 6.04 Å². The van der Waals surface area contributed by atoms with Crippen LogP contribution in [0.4, 0.5) is 5.69 Å². The highest BCUT2D eigenvalue weighted by atomic mass is 32.2. The Balaban J connectivity index is 2.11. The Morgan fingerprint density at radius 1 is 1.17 bits per heavy atom. The van der Waals surface area contributed by atoms with Gasteiger partial charge < -0.3 is 5.32 Å². The smallest absolute Gasteiger partial charge is 0.0603 e. The second kappa shape index (κ2) is 5.91. The zero-order chi connectivity index (χ0) is 13.0. The molecule has 0 aliphatic heterocycles. The summed E-state index contributed by atoms with van der Waals surface area (Å²) in [5.74, 6) is 0. The van der Waals surface area contributed by atoms with Crippen molar-refractivity contribution in [3.8, 4) is 0 Å². The van der Waals surface area contributed by atoms with E-state index in [1.807, 2.05) is 19.2 Å². The number of nitrogens with one attached hydrogen (secondary N) is 1. The first-order chi connectivity index (χ1) is 8.70. The number of anilines is 1. The first-order valence-corrected chi connectivity index (χ1v) is 7.25. The van der Waals surface area contributed by atoms with Crippen molar-refractivity contribution in [2.24, 2.45) is 0 Å². The molecule has 3 heteroatoms. The average Bonchev–Trinajstić information content (AvgIpc) is 2.41. The summed E-state index contributed by atoms with van der Waals surface area (Å²) in [6, 6.07) is 13.0. The number of aryl methyl sites for hydroxylation is 1. The molecule has 1 N–H and O–H groups in total. The normalized spacial score (nSPS) is 12.2. The first-order valence-electron chi connectivity index (χ1n) is 6.03. The van der Waals surface area contributed by atoms with Gasteiger partial charge in [-0.1, -0.05) is 12.1 Å². The predicted octanol–water partition coefficient (Wildman–Crippen LogP) is 4.29. The number of rotatable bonds is 4. The summed E-state index contributed by atoms with van der Waals surface area (Å²) in [5, 5.41) is 3.49. The van der Waals surface area contributed by atoms with E-state index in [4.69, 9.17) is 0 Å². The molecule has 18 heavy (non-hydrogen) atoms. The van der Waals surface area contributed by atoms with Crippen LogP contribution in [0.1, 0.15) is 24.2 Å². The predicted molar refractivity (Wildman–Crippen MR) is 79.2 cm³/mol. The molecule has 0 aliphatic rings. The molecule has 1 heterocycles. The second-order valence-corrected chi connectivity index (χ2v) is 5.16. The molecule has 1 unspecified atom stereocenters. The molecular formula is C15H18N2S. The van der Waals surface area contributed by atoms with Crippen molar-refractivity contribution in [1.82, 2.24) is 4.98 Å². The molecule has 1 atom stereocenters. The van der Waals surface area contributed by atoms with Crippen LogP contribution >= 0.6 is 11.8 Å². The standard InChI is InChI=1S/C15H18N2S/c1-11(13-6-8-14(18-3)9-7-13)17-15-5-4-10-16-12(15)2/h4-11,17H,1-3H3. The fourth-order valence-electron chi connectivity index (χ4n) is 1.85. The van der Waals surface area contributed by atoms with Gasteiger partial charge in [0, 0.05) is 17.1 Å². The van der Waals surface area contributed by atoms with E-state index in [0.29, 0.717) is 0 Å². The zero-order valence-corrected chi connectivity index (χ0v) is 11.8. The highest BCUT2D eigenvalue weighted by molar-refractivity contribution is 7.98. The third-order valence-corrected chi connectivity index (χ3v) is 3.74. The molecule has 2 aromatic rings. The number of benzene rings is 1. The Hall–Kier alpha value is -1.48. The van der Waals surface area contributed by atoms with Crippen molar-refractivity contribution < 1.29 is 0 Å². The van der Waals surface area contributed by atoms with Crippen LogP contribution in [0, 0.1) is 6.92 Å². The van der Waals surface area contributed by atoms with E-state index in [1.54, 1.807) is 11.8 Å². The monoisotopic (exact) mass is 258 g/mol. The highest BCUT2D eigenvalue weighted by Gasteiger charge is 2.06. The third-order valence-electron chi connectivity index (χ3n) is 2.99. The molecule has 0 amide bonds. The fourth-order valence-corrected chi connectivity index (χ4v) is 2.25. The number of hydrogen-bond acceptors (Lipinski definition) is 3. The van der Waals surface area contributed by atoms with E-state index in [0.717, 1.165) is 11.4 Å². The van der Waals surface area contributed by atoms with Gasteiger partial charge in [-0.2, -0.15) is 0 Å². The lowest BCUT2D eigenvalue weighted by Gasteiger charge is -2.17. The average molecular weight is 258 g/mol. The van der Waals surface area contributed by atoms with Crippen molar-refractivity contribution in [3.63, 3.8) is 0 Å². The van der Waals surface area contributed by atoms with Crippen LogP contribution in [0.15, 0.2) is 47.5 Å². The van der Waals surface area contributed by atoms with Crippen LogP contribution in [-0.4, -0.2) is 11.2 Å². The number of thioether (sulfide) groups is 1. The molecular weight excluding hydrogens is 240 g/mol. The number of pyridine rings is 1. The quantitative estimate of drug-likeness (QED) is 0.828. The van der Waals surface area contributed by atoms with Gasteiger partial charge in [0.05, 0.1) is 11.4 Å². The minimum Gasteiger partial charge on any atom is -0.377 e. The first kappa shape index (κ1) is 13.0. The topological polar surface area (TPSA) is 24.9 Å². The van der Waals surface area contributed by atoms with Gasteiger partial charge in [0.25, 0.3) is 0 Å². The lowest BCUT2D eigenvalue weighted by molar-refractivity contribution is 0.877. The van der Waals surface area contributed by atoms with Crippen LogP contribution < -0.4 is 5.32 Å². The van der Waals surface area contributed by atoms with Crippen LogP contribution in [0.2, 0.25) is 0 Å². The van der Waals surface area contributed by atoms with E-state index in [1.165, 1.54) is 10.5 Å². The van der Waals surface area contributed by atoms with E-state index < -0.39 is 0 Å². The Morgan fingerprint density at radius 2 is 1.89 bits per heavy atom. The summed E-state index contributed by atoms with van der Waals surface area (Å²) in [6.45, 7) is 4.19. The van der Waals surface area contributed by atoms with Gasteiger partial charge in [-0.05, 0) is 49.9 Å². The minimum absolute atomic E-state index is 0.281. The minimum atomic E-state index is 0.281. The van der Waals surface area contributed by atoms with Crippen LogP contribution in [0.25, 0.3) is 0 Å². The maximum absolute atomic E-state index is 4.29. The Bertz CT molecular complexity index is 508. The molecule has 0 bridgehead atoms. The molecule has 2 rings (SSSR count). The van der Waals surface area contributed by atoms with Crippen LogP contribution in [-0.2, 0) is 0 Å². The van der Waals surface area contributed by atoms with Crippen LogP contribution in [0.3, 0.4) is 0 Å². The van der Waals surface area contributed by atoms with Crippen molar-refractivity contribution in [2.75, 3.05) is 11.6 Å². The molecule has 0 saturated heterocycles. The van der Waals surface area contributed by atoms with Gasteiger partial charge in [0.2, 0.25) is 0 Å². The molecule has 1 aromatic heterocycles. The lowest BCUT2D eigenvalue weighted by Crippen LogP contribution is -2.08.